The summed E-state index contributed by atoms with van der Waals surface area (Å²) in [5, 5.41) is 0. The van der Waals surface area contributed by atoms with Gasteiger partial charge in [-0.1, -0.05) is 0 Å². The van der Waals surface area contributed by atoms with Gasteiger partial charge in [-0.15, -0.1) is 0 Å². The SMILES string of the molecule is CC(C)(C)OC(=O)N1CCC(=O)c2nc(Br)c(F)cc21. The van der Waals surface area contributed by atoms with Crippen LogP contribution in [0.3, 0.4) is 0 Å². The molecular weight excluding hydrogens is 331 g/mol. The van der Waals surface area contributed by atoms with Crippen molar-refractivity contribution in [3.05, 3.63) is 22.2 Å². The largest absolute Gasteiger partial charge is 0.443 e. The smallest absolute Gasteiger partial charge is 0.414 e. The van der Waals surface area contributed by atoms with E-state index in [0.717, 1.165) is 6.07 Å². The minimum Gasteiger partial charge on any atom is -0.443 e. The van der Waals surface area contributed by atoms with Crippen molar-refractivity contribution in [3.8, 4) is 0 Å². The van der Waals surface area contributed by atoms with Gasteiger partial charge in [-0.3, -0.25) is 9.69 Å². The highest BCUT2D eigenvalue weighted by Crippen LogP contribution is 2.30. The molecule has 0 saturated heterocycles. The van der Waals surface area contributed by atoms with E-state index in [9.17, 15) is 14.0 Å². The Morgan fingerprint density at radius 2 is 2.15 bits per heavy atom. The van der Waals surface area contributed by atoms with E-state index in [1.807, 2.05) is 0 Å². The molecule has 0 radical (unpaired) electrons. The highest BCUT2D eigenvalue weighted by atomic mass is 79.9. The fourth-order valence-electron chi connectivity index (χ4n) is 1.83. The first kappa shape index (κ1) is 14.9. The summed E-state index contributed by atoms with van der Waals surface area (Å²) in [5.41, 5.74) is -0.438. The predicted octanol–water partition coefficient (Wildman–Crippen LogP) is 3.31. The van der Waals surface area contributed by atoms with Crippen LogP contribution in [0.25, 0.3) is 0 Å². The third kappa shape index (κ3) is 2.98. The normalized spacial score (nSPS) is 15.1. The Morgan fingerprint density at radius 1 is 1.50 bits per heavy atom. The lowest BCUT2D eigenvalue weighted by Gasteiger charge is -2.30. The first-order valence-electron chi connectivity index (χ1n) is 6.09. The van der Waals surface area contributed by atoms with Crippen molar-refractivity contribution in [3.63, 3.8) is 0 Å². The summed E-state index contributed by atoms with van der Waals surface area (Å²) in [6.45, 7) is 5.37. The molecule has 0 fully saturated rings. The summed E-state index contributed by atoms with van der Waals surface area (Å²) in [7, 11) is 0. The van der Waals surface area contributed by atoms with Crippen LogP contribution in [0.2, 0.25) is 0 Å². The molecule has 20 heavy (non-hydrogen) atoms. The number of amides is 1. The number of carbonyl (C=O) groups is 2. The van der Waals surface area contributed by atoms with E-state index < -0.39 is 17.5 Å². The van der Waals surface area contributed by atoms with Crippen LogP contribution in [0, 0.1) is 5.82 Å². The number of pyridine rings is 1. The van der Waals surface area contributed by atoms with Crippen molar-refractivity contribution in [1.82, 2.24) is 4.98 Å². The summed E-state index contributed by atoms with van der Waals surface area (Å²) < 4.78 is 18.8. The summed E-state index contributed by atoms with van der Waals surface area (Å²) in [6, 6.07) is 1.12. The van der Waals surface area contributed by atoms with Gasteiger partial charge in [0.15, 0.2) is 11.6 Å². The van der Waals surface area contributed by atoms with Crippen LogP contribution in [-0.4, -0.2) is 29.0 Å². The Hall–Kier alpha value is -1.50. The Labute approximate surface area is 124 Å². The van der Waals surface area contributed by atoms with Gasteiger partial charge in [0.05, 0.1) is 5.69 Å². The highest BCUT2D eigenvalue weighted by molar-refractivity contribution is 9.10. The molecule has 1 aromatic heterocycles. The summed E-state index contributed by atoms with van der Waals surface area (Å²) >= 11 is 2.93. The Balaban J connectivity index is 2.40. The molecule has 0 unspecified atom stereocenters. The summed E-state index contributed by atoms with van der Waals surface area (Å²) in [5.74, 6) is -0.854. The van der Waals surface area contributed by atoms with Gasteiger partial charge < -0.3 is 4.74 Å². The van der Waals surface area contributed by atoms with Gasteiger partial charge >= 0.3 is 6.09 Å². The number of nitrogens with zero attached hydrogens (tertiary/aromatic N) is 2. The van der Waals surface area contributed by atoms with E-state index >= 15 is 0 Å². The number of halogens is 2. The maximum absolute atomic E-state index is 13.6. The molecule has 0 atom stereocenters. The minimum absolute atomic E-state index is 0.0457. The molecule has 0 aromatic carbocycles. The molecule has 0 saturated carbocycles. The van der Waals surface area contributed by atoms with Gasteiger partial charge in [-0.05, 0) is 36.7 Å². The molecule has 5 nitrogen and oxygen atoms in total. The second-order valence-electron chi connectivity index (χ2n) is 5.43. The summed E-state index contributed by atoms with van der Waals surface area (Å²) in [4.78, 5) is 29.0. The number of rotatable bonds is 0. The zero-order valence-corrected chi connectivity index (χ0v) is 13.0. The van der Waals surface area contributed by atoms with E-state index in [1.165, 1.54) is 4.90 Å². The average molecular weight is 345 g/mol. The Bertz CT molecular complexity index is 584. The van der Waals surface area contributed by atoms with Crippen molar-refractivity contribution in [2.75, 3.05) is 11.4 Å². The molecule has 0 bridgehead atoms. The summed E-state index contributed by atoms with van der Waals surface area (Å²) in [6.07, 6.45) is -0.480. The minimum atomic E-state index is -0.667. The number of ketones is 1. The van der Waals surface area contributed by atoms with Crippen LogP contribution in [0.4, 0.5) is 14.9 Å². The maximum atomic E-state index is 13.6. The quantitative estimate of drug-likeness (QED) is 0.677. The van der Waals surface area contributed by atoms with Crippen molar-refractivity contribution in [1.29, 1.82) is 0 Å². The van der Waals surface area contributed by atoms with Gasteiger partial charge in [-0.25, -0.2) is 14.2 Å². The van der Waals surface area contributed by atoms with Crippen LogP contribution in [0.15, 0.2) is 10.7 Å². The molecule has 0 N–H and O–H groups in total. The molecule has 0 spiro atoms. The van der Waals surface area contributed by atoms with Gasteiger partial charge in [-0.2, -0.15) is 0 Å². The number of ether oxygens (including phenoxy) is 1. The molecule has 1 aliphatic rings. The number of aromatic nitrogens is 1. The molecule has 7 heteroatoms. The van der Waals surface area contributed by atoms with Crippen LogP contribution >= 0.6 is 15.9 Å². The third-order valence-electron chi connectivity index (χ3n) is 2.64. The van der Waals surface area contributed by atoms with Gasteiger partial charge in [0.2, 0.25) is 0 Å². The monoisotopic (exact) mass is 344 g/mol. The maximum Gasteiger partial charge on any atom is 0.414 e. The van der Waals surface area contributed by atoms with Crippen molar-refractivity contribution in [2.24, 2.45) is 0 Å². The Kier molecular flexibility index (Phi) is 3.82. The average Bonchev–Trinajstić information content (AvgIpc) is 2.30. The molecule has 108 valence electrons. The first-order chi connectivity index (χ1) is 9.19. The van der Waals surface area contributed by atoms with Crippen molar-refractivity contribution < 1.29 is 18.7 Å². The van der Waals surface area contributed by atoms with Crippen LogP contribution in [0.1, 0.15) is 37.7 Å². The number of hydrogen-bond donors (Lipinski definition) is 0. The molecule has 1 aliphatic heterocycles. The highest BCUT2D eigenvalue weighted by Gasteiger charge is 2.32. The van der Waals surface area contributed by atoms with Crippen molar-refractivity contribution >= 4 is 33.5 Å². The lowest BCUT2D eigenvalue weighted by molar-refractivity contribution is 0.0577. The molecule has 0 aliphatic carbocycles. The van der Waals surface area contributed by atoms with Gasteiger partial charge in [0.1, 0.15) is 15.9 Å². The predicted molar refractivity (Wildman–Crippen MR) is 74.4 cm³/mol. The zero-order valence-electron chi connectivity index (χ0n) is 11.4. The molecule has 2 heterocycles. The third-order valence-corrected chi connectivity index (χ3v) is 3.20. The van der Waals surface area contributed by atoms with E-state index in [-0.39, 0.29) is 34.7 Å². The van der Waals surface area contributed by atoms with Crippen LogP contribution in [0.5, 0.6) is 0 Å². The number of hydrogen-bond acceptors (Lipinski definition) is 4. The molecule has 2 rings (SSSR count). The zero-order chi connectivity index (χ0) is 15.1. The van der Waals surface area contributed by atoms with Gasteiger partial charge in [0, 0.05) is 19.0 Å². The second kappa shape index (κ2) is 5.12. The first-order valence-corrected chi connectivity index (χ1v) is 6.88. The molecule has 1 amide bonds. The Morgan fingerprint density at radius 3 is 2.75 bits per heavy atom. The lowest BCUT2D eigenvalue weighted by Crippen LogP contribution is -2.41. The standard InChI is InChI=1S/C13H14BrFN2O3/c1-13(2,3)20-12(19)17-5-4-9(18)10-8(17)6-7(15)11(14)16-10/h6H,4-5H2,1-3H3. The molecular formula is C13H14BrFN2O3. The molecule has 1 aromatic rings. The fraction of sp³-hybridized carbons (Fsp3) is 0.462. The number of anilines is 1. The van der Waals surface area contributed by atoms with Crippen molar-refractivity contribution in [2.45, 2.75) is 32.8 Å². The number of Topliss-reactive ketones (excluding diaryl/α,β-unsaturated/α-hetero) is 1. The topological polar surface area (TPSA) is 59.5 Å². The van der Waals surface area contributed by atoms with Crippen LogP contribution < -0.4 is 4.90 Å². The lowest BCUT2D eigenvalue weighted by atomic mass is 10.1. The number of fused-ring (bicyclic) bond motifs is 1. The second-order valence-corrected chi connectivity index (χ2v) is 6.19. The number of carbonyl (C=O) groups excluding carboxylic acids is 2. The van der Waals surface area contributed by atoms with E-state index in [1.54, 1.807) is 20.8 Å². The van der Waals surface area contributed by atoms with E-state index in [2.05, 4.69) is 20.9 Å². The van der Waals surface area contributed by atoms with E-state index in [4.69, 9.17) is 4.74 Å². The van der Waals surface area contributed by atoms with E-state index in [0.29, 0.717) is 0 Å². The fourth-order valence-corrected chi connectivity index (χ4v) is 2.12. The van der Waals surface area contributed by atoms with Crippen LogP contribution in [-0.2, 0) is 4.74 Å². The van der Waals surface area contributed by atoms with Gasteiger partial charge in [0.25, 0.3) is 0 Å².